The Morgan fingerprint density at radius 2 is 2.12 bits per heavy atom. The normalized spacial score (nSPS) is 39.4. The molecule has 0 saturated heterocycles. The van der Waals surface area contributed by atoms with Crippen LogP contribution in [0.1, 0.15) is 67.2 Å². The van der Waals surface area contributed by atoms with E-state index in [4.69, 9.17) is 4.74 Å². The fourth-order valence-corrected chi connectivity index (χ4v) is 5.24. The Hall–Kier alpha value is -1.42. The lowest BCUT2D eigenvalue weighted by atomic mass is 9.46. The number of fused-ring (bicyclic) bond motifs is 1. The van der Waals surface area contributed by atoms with E-state index < -0.39 is 11.7 Å². The zero-order chi connectivity index (χ0) is 19.9. The van der Waals surface area contributed by atoms with E-state index in [1.807, 2.05) is 13.8 Å². The molecule has 1 N–H and O–H groups in total. The Balaban J connectivity index is 2.37. The molecular formula is C22H34O4. The summed E-state index contributed by atoms with van der Waals surface area (Å²) in [4.78, 5) is 23.8. The first-order valence-electron chi connectivity index (χ1n) is 9.61. The number of esters is 1. The molecule has 0 unspecified atom stereocenters. The van der Waals surface area contributed by atoms with Gasteiger partial charge in [-0.25, -0.2) is 0 Å². The van der Waals surface area contributed by atoms with E-state index in [1.165, 1.54) is 6.92 Å². The minimum absolute atomic E-state index is 0.0608. The molecule has 0 aromatic carbocycles. The minimum atomic E-state index is -0.739. The minimum Gasteiger partial charge on any atom is -0.455 e. The maximum Gasteiger partial charge on any atom is 0.303 e. The van der Waals surface area contributed by atoms with Crippen molar-refractivity contribution in [2.75, 3.05) is 0 Å². The molecule has 0 aromatic heterocycles. The predicted octanol–water partition coefficient (Wildman–Crippen LogP) is 4.22. The van der Waals surface area contributed by atoms with Gasteiger partial charge < -0.3 is 9.84 Å². The number of hydrogen-bond acceptors (Lipinski definition) is 4. The molecule has 26 heavy (non-hydrogen) atoms. The third kappa shape index (κ3) is 3.53. The highest BCUT2D eigenvalue weighted by Crippen LogP contribution is 2.61. The van der Waals surface area contributed by atoms with Crippen molar-refractivity contribution in [2.45, 2.75) is 78.9 Å². The summed E-state index contributed by atoms with van der Waals surface area (Å²) in [6.45, 7) is 15.6. The zero-order valence-corrected chi connectivity index (χ0v) is 17.1. The monoisotopic (exact) mass is 362 g/mol. The summed E-state index contributed by atoms with van der Waals surface area (Å²) in [6, 6.07) is 0. The van der Waals surface area contributed by atoms with Gasteiger partial charge in [-0.05, 0) is 67.9 Å². The first-order valence-corrected chi connectivity index (χ1v) is 9.61. The molecule has 2 aliphatic carbocycles. The summed E-state index contributed by atoms with van der Waals surface area (Å²) in [6.07, 6.45) is 5.59. The molecule has 2 aliphatic rings. The second-order valence-corrected chi connectivity index (χ2v) is 9.14. The van der Waals surface area contributed by atoms with Crippen molar-refractivity contribution in [3.05, 3.63) is 24.3 Å². The van der Waals surface area contributed by atoms with Crippen LogP contribution < -0.4 is 0 Å². The average molecular weight is 363 g/mol. The predicted molar refractivity (Wildman–Crippen MR) is 102 cm³/mol. The Morgan fingerprint density at radius 1 is 1.50 bits per heavy atom. The van der Waals surface area contributed by atoms with Crippen molar-refractivity contribution in [3.8, 4) is 0 Å². The number of aliphatic hydroxyl groups is 1. The maximum absolute atomic E-state index is 12.3. The molecule has 146 valence electrons. The summed E-state index contributed by atoms with van der Waals surface area (Å²) in [5, 5.41) is 10.8. The van der Waals surface area contributed by atoms with Crippen LogP contribution in [0.5, 0.6) is 0 Å². The lowest BCUT2D eigenvalue weighted by molar-refractivity contribution is -0.155. The standard InChI is InChI=1S/C22H34O4/c1-8-20(5,26-16(4)23)9-10-21(6)15(3)18(25)13-22(7)14(2)11-17(24)12-19(21)22/h8,11,15,18-19,25H,1,9-10,12-13H2,2-7H3/t15-,18+,19-,20+,21+,22-/m0/s1. The van der Waals surface area contributed by atoms with Crippen molar-refractivity contribution >= 4 is 11.8 Å². The lowest BCUT2D eigenvalue weighted by Crippen LogP contribution is -2.56. The molecule has 0 radical (unpaired) electrons. The van der Waals surface area contributed by atoms with E-state index >= 15 is 0 Å². The van der Waals surface area contributed by atoms with E-state index in [-0.39, 0.29) is 34.4 Å². The van der Waals surface area contributed by atoms with Gasteiger partial charge in [-0.15, -0.1) is 0 Å². The molecule has 1 fully saturated rings. The van der Waals surface area contributed by atoms with Gasteiger partial charge in [-0.1, -0.05) is 32.9 Å². The Bertz CT molecular complexity index is 636. The molecular weight excluding hydrogens is 328 g/mol. The van der Waals surface area contributed by atoms with Gasteiger partial charge >= 0.3 is 5.97 Å². The average Bonchev–Trinajstić information content (AvgIpc) is 2.54. The first kappa shape index (κ1) is 20.9. The molecule has 1 saturated carbocycles. The summed E-state index contributed by atoms with van der Waals surface area (Å²) < 4.78 is 5.49. The van der Waals surface area contributed by atoms with E-state index in [2.05, 4.69) is 27.4 Å². The van der Waals surface area contributed by atoms with Crippen molar-refractivity contribution in [3.63, 3.8) is 0 Å². The fourth-order valence-electron chi connectivity index (χ4n) is 5.24. The van der Waals surface area contributed by atoms with Gasteiger partial charge in [0.15, 0.2) is 5.78 Å². The molecule has 6 atom stereocenters. The van der Waals surface area contributed by atoms with Crippen LogP contribution in [0.15, 0.2) is 24.3 Å². The highest BCUT2D eigenvalue weighted by Gasteiger charge is 2.57. The van der Waals surface area contributed by atoms with E-state index in [9.17, 15) is 14.7 Å². The lowest BCUT2D eigenvalue weighted by Gasteiger charge is -2.59. The van der Waals surface area contributed by atoms with Crippen LogP contribution in [0.4, 0.5) is 0 Å². The van der Waals surface area contributed by atoms with Gasteiger partial charge in [-0.3, -0.25) is 9.59 Å². The topological polar surface area (TPSA) is 63.6 Å². The number of ketones is 1. The van der Waals surface area contributed by atoms with Gasteiger partial charge in [0.1, 0.15) is 5.60 Å². The highest BCUT2D eigenvalue weighted by atomic mass is 16.6. The van der Waals surface area contributed by atoms with Crippen molar-refractivity contribution in [1.82, 2.24) is 0 Å². The number of hydrogen-bond donors (Lipinski definition) is 1. The molecule has 0 spiro atoms. The van der Waals surface area contributed by atoms with E-state index in [0.717, 1.165) is 12.0 Å². The molecule has 4 nitrogen and oxygen atoms in total. The third-order valence-corrected chi connectivity index (χ3v) is 7.47. The van der Waals surface area contributed by atoms with Gasteiger partial charge in [0.25, 0.3) is 0 Å². The Kier molecular flexibility index (Phi) is 5.59. The number of allylic oxidation sites excluding steroid dienone is 2. The number of ether oxygens (including phenoxy) is 1. The Morgan fingerprint density at radius 3 is 2.65 bits per heavy atom. The number of carbonyl (C=O) groups is 2. The largest absolute Gasteiger partial charge is 0.455 e. The SMILES string of the molecule is C=C[C@](C)(CC[C@]1(C)[C@@H](C)[C@H](O)C[C@@]2(C)C(C)=CC(=O)C[C@@H]12)OC(C)=O. The van der Waals surface area contributed by atoms with Crippen molar-refractivity contribution in [2.24, 2.45) is 22.7 Å². The number of rotatable bonds is 5. The van der Waals surface area contributed by atoms with Gasteiger partial charge in [0.2, 0.25) is 0 Å². The van der Waals surface area contributed by atoms with Gasteiger partial charge in [0, 0.05) is 13.3 Å². The van der Waals surface area contributed by atoms with Crippen LogP contribution in [0.2, 0.25) is 0 Å². The van der Waals surface area contributed by atoms with Gasteiger partial charge in [0.05, 0.1) is 6.10 Å². The highest BCUT2D eigenvalue weighted by molar-refractivity contribution is 5.92. The van der Waals surface area contributed by atoms with Crippen LogP contribution in [-0.4, -0.2) is 28.6 Å². The van der Waals surface area contributed by atoms with Crippen LogP contribution in [0.3, 0.4) is 0 Å². The van der Waals surface area contributed by atoms with Crippen LogP contribution in [0.25, 0.3) is 0 Å². The fraction of sp³-hybridized carbons (Fsp3) is 0.727. The smallest absolute Gasteiger partial charge is 0.303 e. The molecule has 0 aromatic rings. The second kappa shape index (κ2) is 6.95. The zero-order valence-electron chi connectivity index (χ0n) is 17.1. The van der Waals surface area contributed by atoms with Crippen molar-refractivity contribution < 1.29 is 19.4 Å². The summed E-state index contributed by atoms with van der Waals surface area (Å²) in [5.74, 6) is 0.0694. The van der Waals surface area contributed by atoms with Crippen molar-refractivity contribution in [1.29, 1.82) is 0 Å². The summed E-state index contributed by atoms with van der Waals surface area (Å²) >= 11 is 0. The molecule has 0 aliphatic heterocycles. The van der Waals surface area contributed by atoms with E-state index in [1.54, 1.807) is 12.2 Å². The molecule has 0 amide bonds. The van der Waals surface area contributed by atoms with Crippen LogP contribution in [0, 0.1) is 22.7 Å². The number of aliphatic hydroxyl groups excluding tert-OH is 1. The first-order chi connectivity index (χ1) is 11.9. The summed E-state index contributed by atoms with van der Waals surface area (Å²) in [7, 11) is 0. The quantitative estimate of drug-likeness (QED) is 0.587. The second-order valence-electron chi connectivity index (χ2n) is 9.14. The maximum atomic E-state index is 12.3. The molecule has 0 bridgehead atoms. The molecule has 2 rings (SSSR count). The van der Waals surface area contributed by atoms with Crippen LogP contribution in [-0.2, 0) is 14.3 Å². The Labute approximate surface area is 157 Å². The summed E-state index contributed by atoms with van der Waals surface area (Å²) in [5.41, 5.74) is -0.0816. The third-order valence-electron chi connectivity index (χ3n) is 7.47. The molecule has 0 heterocycles. The number of carbonyl (C=O) groups excluding carboxylic acids is 2. The van der Waals surface area contributed by atoms with E-state index in [0.29, 0.717) is 19.3 Å². The molecule has 4 heteroatoms. The van der Waals surface area contributed by atoms with Crippen LogP contribution >= 0.6 is 0 Å². The van der Waals surface area contributed by atoms with Gasteiger partial charge in [-0.2, -0.15) is 0 Å².